The molecule has 2 aromatic carbocycles. The van der Waals surface area contributed by atoms with E-state index < -0.39 is 5.82 Å². The van der Waals surface area contributed by atoms with E-state index in [1.807, 2.05) is 0 Å². The SMILES string of the molecule is Fc1ccc(COc2ccc(F)cc2CCl)c(Cl)c1. The van der Waals surface area contributed by atoms with Crippen LogP contribution in [-0.2, 0) is 12.5 Å². The zero-order valence-corrected chi connectivity index (χ0v) is 11.3. The largest absolute Gasteiger partial charge is 0.489 e. The third-order valence-electron chi connectivity index (χ3n) is 2.56. The second-order valence-electron chi connectivity index (χ2n) is 3.91. The summed E-state index contributed by atoms with van der Waals surface area (Å²) in [4.78, 5) is 0. The zero-order valence-electron chi connectivity index (χ0n) is 9.80. The van der Waals surface area contributed by atoms with Gasteiger partial charge in [0, 0.05) is 11.1 Å². The molecule has 0 amide bonds. The minimum atomic E-state index is -0.406. The Labute approximate surface area is 119 Å². The molecular formula is C14H10Cl2F2O. The molecule has 0 fully saturated rings. The van der Waals surface area contributed by atoms with Crippen LogP contribution in [0.1, 0.15) is 11.1 Å². The number of hydrogen-bond donors (Lipinski definition) is 0. The maximum Gasteiger partial charge on any atom is 0.124 e. The molecular weight excluding hydrogens is 293 g/mol. The van der Waals surface area contributed by atoms with Crippen LogP contribution in [0.15, 0.2) is 36.4 Å². The smallest absolute Gasteiger partial charge is 0.124 e. The number of ether oxygens (including phenoxy) is 1. The summed E-state index contributed by atoms with van der Waals surface area (Å²) >= 11 is 11.6. The van der Waals surface area contributed by atoms with Crippen LogP contribution in [0.2, 0.25) is 5.02 Å². The number of benzene rings is 2. The molecule has 0 atom stereocenters. The number of rotatable bonds is 4. The molecule has 0 aliphatic carbocycles. The minimum Gasteiger partial charge on any atom is -0.489 e. The Morgan fingerprint density at radius 1 is 0.947 bits per heavy atom. The van der Waals surface area contributed by atoms with Crippen LogP contribution in [-0.4, -0.2) is 0 Å². The molecule has 0 aliphatic heterocycles. The van der Waals surface area contributed by atoms with Gasteiger partial charge in [0.05, 0.1) is 10.9 Å². The van der Waals surface area contributed by atoms with Crippen LogP contribution in [0.4, 0.5) is 8.78 Å². The van der Waals surface area contributed by atoms with Crippen molar-refractivity contribution in [3.8, 4) is 5.75 Å². The highest BCUT2D eigenvalue weighted by molar-refractivity contribution is 6.31. The van der Waals surface area contributed by atoms with E-state index in [2.05, 4.69) is 0 Å². The molecule has 2 aromatic rings. The quantitative estimate of drug-likeness (QED) is 0.727. The van der Waals surface area contributed by atoms with E-state index >= 15 is 0 Å². The molecule has 2 rings (SSSR count). The van der Waals surface area contributed by atoms with Gasteiger partial charge in [-0.15, -0.1) is 11.6 Å². The van der Waals surface area contributed by atoms with E-state index in [9.17, 15) is 8.78 Å². The Morgan fingerprint density at radius 2 is 1.63 bits per heavy atom. The molecule has 0 spiro atoms. The molecule has 0 aliphatic rings. The van der Waals surface area contributed by atoms with Crippen LogP contribution in [0.25, 0.3) is 0 Å². The summed E-state index contributed by atoms with van der Waals surface area (Å²) in [5.74, 6) is -0.152. The standard InChI is InChI=1S/C14H10Cl2F2O/c15-7-10-5-11(17)3-4-14(10)19-8-9-1-2-12(18)6-13(9)16/h1-6H,7-8H2. The van der Waals surface area contributed by atoms with Crippen molar-refractivity contribution in [3.05, 3.63) is 64.2 Å². The van der Waals surface area contributed by atoms with Gasteiger partial charge in [-0.2, -0.15) is 0 Å². The van der Waals surface area contributed by atoms with Crippen molar-refractivity contribution in [2.24, 2.45) is 0 Å². The molecule has 0 saturated carbocycles. The first kappa shape index (κ1) is 14.1. The molecule has 0 heterocycles. The summed E-state index contributed by atoms with van der Waals surface area (Å²) in [5, 5.41) is 0.287. The predicted molar refractivity (Wildman–Crippen MR) is 71.7 cm³/mol. The molecule has 100 valence electrons. The fourth-order valence-corrected chi connectivity index (χ4v) is 2.02. The second kappa shape index (κ2) is 6.22. The van der Waals surface area contributed by atoms with Gasteiger partial charge in [-0.3, -0.25) is 0 Å². The van der Waals surface area contributed by atoms with E-state index in [1.165, 1.54) is 30.3 Å². The number of alkyl halides is 1. The summed E-state index contributed by atoms with van der Waals surface area (Å²) in [7, 11) is 0. The lowest BCUT2D eigenvalue weighted by atomic mass is 10.2. The fourth-order valence-electron chi connectivity index (χ4n) is 1.59. The van der Waals surface area contributed by atoms with Crippen molar-refractivity contribution in [1.82, 2.24) is 0 Å². The normalized spacial score (nSPS) is 10.5. The Hall–Kier alpha value is -1.32. The average Bonchev–Trinajstić information content (AvgIpc) is 2.39. The van der Waals surface area contributed by atoms with Crippen molar-refractivity contribution >= 4 is 23.2 Å². The van der Waals surface area contributed by atoms with Crippen LogP contribution in [0, 0.1) is 11.6 Å². The van der Waals surface area contributed by atoms with Gasteiger partial charge in [-0.05, 0) is 30.3 Å². The zero-order chi connectivity index (χ0) is 13.8. The Morgan fingerprint density at radius 3 is 2.32 bits per heavy atom. The highest BCUT2D eigenvalue weighted by Crippen LogP contribution is 2.24. The van der Waals surface area contributed by atoms with Gasteiger partial charge in [-0.25, -0.2) is 8.78 Å². The highest BCUT2D eigenvalue weighted by atomic mass is 35.5. The van der Waals surface area contributed by atoms with Crippen LogP contribution >= 0.6 is 23.2 Å². The average molecular weight is 303 g/mol. The minimum absolute atomic E-state index is 0.143. The molecule has 1 nitrogen and oxygen atoms in total. The molecule has 0 unspecified atom stereocenters. The number of halogens is 4. The summed E-state index contributed by atoms with van der Waals surface area (Å²) in [6.45, 7) is 0.161. The third-order valence-corrected chi connectivity index (χ3v) is 3.20. The molecule has 19 heavy (non-hydrogen) atoms. The molecule has 0 aromatic heterocycles. The maximum absolute atomic E-state index is 13.0. The lowest BCUT2D eigenvalue weighted by molar-refractivity contribution is 0.303. The van der Waals surface area contributed by atoms with Gasteiger partial charge in [0.15, 0.2) is 0 Å². The van der Waals surface area contributed by atoms with Crippen LogP contribution < -0.4 is 4.74 Å². The molecule has 0 saturated heterocycles. The topological polar surface area (TPSA) is 9.23 Å². The lowest BCUT2D eigenvalue weighted by Gasteiger charge is -2.11. The summed E-state index contributed by atoms with van der Waals surface area (Å²) in [6, 6.07) is 8.17. The van der Waals surface area contributed by atoms with Crippen molar-refractivity contribution < 1.29 is 13.5 Å². The van der Waals surface area contributed by atoms with Gasteiger partial charge in [0.25, 0.3) is 0 Å². The first-order valence-corrected chi connectivity index (χ1v) is 6.42. The van der Waals surface area contributed by atoms with Crippen LogP contribution in [0.3, 0.4) is 0 Å². The molecule has 5 heteroatoms. The lowest BCUT2D eigenvalue weighted by Crippen LogP contribution is -1.99. The molecule has 0 radical (unpaired) electrons. The Balaban J connectivity index is 2.14. The third kappa shape index (κ3) is 3.58. The first-order chi connectivity index (χ1) is 9.10. The van der Waals surface area contributed by atoms with Crippen molar-refractivity contribution in [2.45, 2.75) is 12.5 Å². The highest BCUT2D eigenvalue weighted by Gasteiger charge is 2.07. The Bertz CT molecular complexity index is 588. The Kier molecular flexibility index (Phi) is 4.61. The van der Waals surface area contributed by atoms with E-state index in [4.69, 9.17) is 27.9 Å². The summed E-state index contributed by atoms with van der Waals surface area (Å²) in [5.41, 5.74) is 1.20. The summed E-state index contributed by atoms with van der Waals surface area (Å²) in [6.07, 6.45) is 0. The van der Waals surface area contributed by atoms with Gasteiger partial charge in [-0.1, -0.05) is 17.7 Å². The van der Waals surface area contributed by atoms with Gasteiger partial charge in [0.2, 0.25) is 0 Å². The first-order valence-electron chi connectivity index (χ1n) is 5.51. The van der Waals surface area contributed by atoms with E-state index in [0.717, 1.165) is 0 Å². The second-order valence-corrected chi connectivity index (χ2v) is 4.58. The van der Waals surface area contributed by atoms with Gasteiger partial charge in [0.1, 0.15) is 24.0 Å². The summed E-state index contributed by atoms with van der Waals surface area (Å²) < 4.78 is 31.5. The molecule has 0 N–H and O–H groups in total. The van der Waals surface area contributed by atoms with E-state index in [0.29, 0.717) is 16.9 Å². The van der Waals surface area contributed by atoms with Gasteiger partial charge >= 0.3 is 0 Å². The number of hydrogen-bond acceptors (Lipinski definition) is 1. The monoisotopic (exact) mass is 302 g/mol. The van der Waals surface area contributed by atoms with Crippen LogP contribution in [0.5, 0.6) is 5.75 Å². The van der Waals surface area contributed by atoms with Crippen molar-refractivity contribution in [1.29, 1.82) is 0 Å². The predicted octanol–water partition coefficient (Wildman–Crippen LogP) is 4.94. The van der Waals surface area contributed by atoms with E-state index in [-0.39, 0.29) is 23.3 Å². The molecule has 0 bridgehead atoms. The van der Waals surface area contributed by atoms with Gasteiger partial charge < -0.3 is 4.74 Å². The van der Waals surface area contributed by atoms with E-state index in [1.54, 1.807) is 6.07 Å². The van der Waals surface area contributed by atoms with Crippen molar-refractivity contribution in [3.63, 3.8) is 0 Å². The maximum atomic E-state index is 13.0. The van der Waals surface area contributed by atoms with Crippen molar-refractivity contribution in [2.75, 3.05) is 0 Å². The fraction of sp³-hybridized carbons (Fsp3) is 0.143.